The number of nitrogens with zero attached hydrogens (tertiary/aromatic N) is 2. The number of aromatic nitrogens is 1. The molecule has 1 aromatic carbocycles. The number of benzene rings is 1. The molecule has 1 saturated heterocycles. The highest BCUT2D eigenvalue weighted by atomic mass is 16.6. The van der Waals surface area contributed by atoms with Crippen LogP contribution in [0.25, 0.3) is 10.9 Å². The Bertz CT molecular complexity index is 639. The Balaban J connectivity index is 1.96. The van der Waals surface area contributed by atoms with Crippen molar-refractivity contribution < 1.29 is 9.66 Å². The highest BCUT2D eigenvalue weighted by Crippen LogP contribution is 2.31. The molecule has 0 amide bonds. The van der Waals surface area contributed by atoms with Crippen molar-refractivity contribution in [2.24, 2.45) is 0 Å². The normalized spacial score (nSPS) is 18.3. The molecule has 104 valence electrons. The van der Waals surface area contributed by atoms with Crippen LogP contribution in [0.2, 0.25) is 0 Å². The monoisotopic (exact) mass is 273 g/mol. The minimum atomic E-state index is -0.405. The largest absolute Gasteiger partial charge is 0.376 e. The quantitative estimate of drug-likeness (QED) is 0.684. The van der Waals surface area contributed by atoms with Gasteiger partial charge in [-0.2, -0.15) is 0 Å². The van der Waals surface area contributed by atoms with Crippen LogP contribution in [-0.2, 0) is 4.74 Å². The third-order valence-electron chi connectivity index (χ3n) is 3.48. The summed E-state index contributed by atoms with van der Waals surface area (Å²) in [5.41, 5.74) is 1.27. The summed E-state index contributed by atoms with van der Waals surface area (Å²) < 4.78 is 5.54. The zero-order chi connectivity index (χ0) is 13.9. The summed E-state index contributed by atoms with van der Waals surface area (Å²) in [5, 5.41) is 15.1. The summed E-state index contributed by atoms with van der Waals surface area (Å²) >= 11 is 0. The van der Waals surface area contributed by atoms with Gasteiger partial charge in [0.15, 0.2) is 0 Å². The first-order chi connectivity index (χ1) is 9.75. The maximum Gasteiger partial charge on any atom is 0.311 e. The van der Waals surface area contributed by atoms with Crippen molar-refractivity contribution in [1.82, 2.24) is 4.98 Å². The summed E-state index contributed by atoms with van der Waals surface area (Å²) in [6.07, 6.45) is 3.47. The molecule has 0 radical (unpaired) electrons. The second-order valence-electron chi connectivity index (χ2n) is 4.81. The van der Waals surface area contributed by atoms with Gasteiger partial charge in [0.2, 0.25) is 0 Å². The fourth-order valence-electron chi connectivity index (χ4n) is 2.48. The topological polar surface area (TPSA) is 77.3 Å². The van der Waals surface area contributed by atoms with Crippen molar-refractivity contribution in [3.05, 3.63) is 40.6 Å². The van der Waals surface area contributed by atoms with E-state index >= 15 is 0 Å². The summed E-state index contributed by atoms with van der Waals surface area (Å²) in [6.45, 7) is 1.35. The Morgan fingerprint density at radius 3 is 3.05 bits per heavy atom. The molecular weight excluding hydrogens is 258 g/mol. The number of hydrogen-bond donors (Lipinski definition) is 1. The van der Waals surface area contributed by atoms with E-state index in [4.69, 9.17) is 4.74 Å². The standard InChI is InChI=1S/C14H15N3O3/c18-17(19)13-9-15-12-6-2-1-5-11(12)14(13)16-8-10-4-3-7-20-10/h1-2,5-6,9-10H,3-4,7-8H2,(H,15,16)/t10-/m0/s1. The van der Waals surface area contributed by atoms with Crippen molar-refractivity contribution in [1.29, 1.82) is 0 Å². The van der Waals surface area contributed by atoms with Crippen molar-refractivity contribution in [2.45, 2.75) is 18.9 Å². The molecule has 1 aliphatic rings. The first-order valence-corrected chi connectivity index (χ1v) is 6.63. The number of para-hydroxylation sites is 1. The minimum absolute atomic E-state index is 0.00157. The van der Waals surface area contributed by atoms with Crippen LogP contribution in [0.1, 0.15) is 12.8 Å². The van der Waals surface area contributed by atoms with E-state index in [-0.39, 0.29) is 11.8 Å². The molecular formula is C14H15N3O3. The molecule has 6 nitrogen and oxygen atoms in total. The molecule has 6 heteroatoms. The Kier molecular flexibility index (Phi) is 3.47. The van der Waals surface area contributed by atoms with Gasteiger partial charge in [-0.25, -0.2) is 4.98 Å². The van der Waals surface area contributed by atoms with E-state index in [1.165, 1.54) is 6.20 Å². The third kappa shape index (κ3) is 2.42. The Morgan fingerprint density at radius 2 is 2.30 bits per heavy atom. The molecule has 1 N–H and O–H groups in total. The van der Waals surface area contributed by atoms with Crippen LogP contribution in [0.15, 0.2) is 30.5 Å². The van der Waals surface area contributed by atoms with Gasteiger partial charge in [-0.1, -0.05) is 18.2 Å². The van der Waals surface area contributed by atoms with Gasteiger partial charge in [-0.15, -0.1) is 0 Å². The lowest BCUT2D eigenvalue weighted by molar-refractivity contribution is -0.384. The van der Waals surface area contributed by atoms with Crippen LogP contribution < -0.4 is 5.32 Å². The summed E-state index contributed by atoms with van der Waals surface area (Å²) in [5.74, 6) is 0. The SMILES string of the molecule is O=[N+]([O-])c1cnc2ccccc2c1NC[C@@H]1CCCO1. The van der Waals surface area contributed by atoms with E-state index in [2.05, 4.69) is 10.3 Å². The van der Waals surface area contributed by atoms with Crippen LogP contribution in [0.4, 0.5) is 11.4 Å². The number of nitrogens with one attached hydrogen (secondary N) is 1. The van der Waals surface area contributed by atoms with Crippen LogP contribution in [0.3, 0.4) is 0 Å². The highest BCUT2D eigenvalue weighted by Gasteiger charge is 2.20. The smallest absolute Gasteiger partial charge is 0.311 e. The van der Waals surface area contributed by atoms with E-state index in [1.807, 2.05) is 24.3 Å². The Labute approximate surface area is 115 Å². The Morgan fingerprint density at radius 1 is 1.45 bits per heavy atom. The second-order valence-corrected chi connectivity index (χ2v) is 4.81. The predicted molar refractivity (Wildman–Crippen MR) is 75.9 cm³/mol. The second kappa shape index (κ2) is 5.42. The molecule has 0 saturated carbocycles. The molecule has 0 aliphatic carbocycles. The average Bonchev–Trinajstić information content (AvgIpc) is 2.97. The van der Waals surface area contributed by atoms with Crippen molar-refractivity contribution in [3.63, 3.8) is 0 Å². The van der Waals surface area contributed by atoms with E-state index in [9.17, 15) is 10.1 Å². The van der Waals surface area contributed by atoms with E-state index < -0.39 is 4.92 Å². The van der Waals surface area contributed by atoms with Gasteiger partial charge in [-0.3, -0.25) is 10.1 Å². The average molecular weight is 273 g/mol. The number of pyridine rings is 1. The van der Waals surface area contributed by atoms with Crippen LogP contribution in [0.5, 0.6) is 0 Å². The lowest BCUT2D eigenvalue weighted by Crippen LogP contribution is -2.19. The fourth-order valence-corrected chi connectivity index (χ4v) is 2.48. The summed E-state index contributed by atoms with van der Waals surface area (Å²) in [6, 6.07) is 7.40. The van der Waals surface area contributed by atoms with Gasteiger partial charge < -0.3 is 10.1 Å². The third-order valence-corrected chi connectivity index (χ3v) is 3.48. The van der Waals surface area contributed by atoms with Gasteiger partial charge >= 0.3 is 5.69 Å². The Hall–Kier alpha value is -2.21. The van der Waals surface area contributed by atoms with Gasteiger partial charge in [0.1, 0.15) is 11.9 Å². The van der Waals surface area contributed by atoms with Crippen LogP contribution in [-0.4, -0.2) is 29.2 Å². The van der Waals surface area contributed by atoms with Crippen LogP contribution in [0, 0.1) is 10.1 Å². The van der Waals surface area contributed by atoms with Gasteiger partial charge in [0, 0.05) is 18.5 Å². The molecule has 20 heavy (non-hydrogen) atoms. The number of nitro groups is 1. The molecule has 1 aliphatic heterocycles. The zero-order valence-corrected chi connectivity index (χ0v) is 10.9. The van der Waals surface area contributed by atoms with Crippen molar-refractivity contribution in [3.8, 4) is 0 Å². The van der Waals surface area contributed by atoms with Gasteiger partial charge in [0.05, 0.1) is 16.5 Å². The first kappa shape index (κ1) is 12.8. The lowest BCUT2D eigenvalue weighted by atomic mass is 10.1. The molecule has 2 aromatic rings. The fraction of sp³-hybridized carbons (Fsp3) is 0.357. The minimum Gasteiger partial charge on any atom is -0.376 e. The van der Waals surface area contributed by atoms with E-state index in [0.29, 0.717) is 12.2 Å². The highest BCUT2D eigenvalue weighted by molar-refractivity contribution is 5.95. The van der Waals surface area contributed by atoms with Crippen molar-refractivity contribution >= 4 is 22.3 Å². The molecule has 1 atom stereocenters. The van der Waals surface area contributed by atoms with Gasteiger partial charge in [-0.05, 0) is 18.9 Å². The number of fused-ring (bicyclic) bond motifs is 1. The number of hydrogen-bond acceptors (Lipinski definition) is 5. The molecule has 2 heterocycles. The maximum atomic E-state index is 11.2. The number of ether oxygens (including phenoxy) is 1. The molecule has 0 spiro atoms. The summed E-state index contributed by atoms with van der Waals surface area (Å²) in [4.78, 5) is 14.9. The van der Waals surface area contributed by atoms with E-state index in [1.54, 1.807) is 0 Å². The van der Waals surface area contributed by atoms with Crippen LogP contribution >= 0.6 is 0 Å². The molecule has 1 fully saturated rings. The predicted octanol–water partition coefficient (Wildman–Crippen LogP) is 2.73. The maximum absolute atomic E-state index is 11.2. The van der Waals surface area contributed by atoms with E-state index in [0.717, 1.165) is 30.4 Å². The molecule has 1 aromatic heterocycles. The molecule has 0 bridgehead atoms. The lowest BCUT2D eigenvalue weighted by Gasteiger charge is -2.13. The van der Waals surface area contributed by atoms with Gasteiger partial charge in [0.25, 0.3) is 0 Å². The molecule has 3 rings (SSSR count). The summed E-state index contributed by atoms with van der Waals surface area (Å²) in [7, 11) is 0. The number of rotatable bonds is 4. The van der Waals surface area contributed by atoms with Crippen molar-refractivity contribution in [2.75, 3.05) is 18.5 Å². The number of anilines is 1. The molecule has 0 unspecified atom stereocenters. The first-order valence-electron chi connectivity index (χ1n) is 6.63. The zero-order valence-electron chi connectivity index (χ0n) is 10.9.